The van der Waals surface area contributed by atoms with E-state index in [2.05, 4.69) is 20.4 Å². The van der Waals surface area contributed by atoms with Gasteiger partial charge < -0.3 is 20.5 Å². The number of rotatable bonds is 8. The Hall–Kier alpha value is -1.96. The molecule has 0 saturated carbocycles. The van der Waals surface area contributed by atoms with E-state index in [4.69, 9.17) is 5.11 Å². The van der Waals surface area contributed by atoms with Gasteiger partial charge in [-0.2, -0.15) is 13.2 Å². The molecule has 3 N–H and O–H groups in total. The molecular weight excluding hydrogens is 323 g/mol. The van der Waals surface area contributed by atoms with Gasteiger partial charge in [0.15, 0.2) is 12.6 Å². The molecule has 1 aromatic carbocycles. The highest BCUT2D eigenvalue weighted by molar-refractivity contribution is 5.79. The molecule has 1 atom stereocenters. The quantitative estimate of drug-likeness (QED) is 0.499. The molecule has 24 heavy (non-hydrogen) atoms. The molecule has 0 spiro atoms. The van der Waals surface area contributed by atoms with Crippen molar-refractivity contribution in [3.63, 3.8) is 0 Å². The number of aliphatic hydroxyl groups is 1. The zero-order valence-electron chi connectivity index (χ0n) is 13.9. The van der Waals surface area contributed by atoms with Crippen LogP contribution in [0.3, 0.4) is 0 Å². The van der Waals surface area contributed by atoms with Crippen LogP contribution in [-0.2, 0) is 6.54 Å². The van der Waals surface area contributed by atoms with E-state index in [1.54, 1.807) is 12.1 Å². The van der Waals surface area contributed by atoms with Crippen LogP contribution in [0.2, 0.25) is 0 Å². The number of guanidine groups is 1. The summed E-state index contributed by atoms with van der Waals surface area (Å²) in [6.07, 6.45) is -4.35. The summed E-state index contributed by atoms with van der Waals surface area (Å²) in [5, 5.41) is 15.2. The van der Waals surface area contributed by atoms with Gasteiger partial charge >= 0.3 is 6.18 Å². The fraction of sp³-hybridized carbons (Fsp3) is 0.562. The van der Waals surface area contributed by atoms with E-state index >= 15 is 0 Å². The van der Waals surface area contributed by atoms with Crippen molar-refractivity contribution in [2.45, 2.75) is 26.6 Å². The predicted molar refractivity (Wildman–Crippen MR) is 87.1 cm³/mol. The van der Waals surface area contributed by atoms with Crippen LogP contribution in [0.1, 0.15) is 19.4 Å². The third-order valence-corrected chi connectivity index (χ3v) is 3.02. The molecule has 1 aromatic rings. The van der Waals surface area contributed by atoms with Gasteiger partial charge in [0, 0.05) is 19.7 Å². The number of aliphatic imine (C=N–C) groups is 1. The lowest BCUT2D eigenvalue weighted by molar-refractivity contribution is -0.153. The molecule has 8 heteroatoms. The SMILES string of the molecule is CCNC(=NCc1ccc(OCC(F)(F)F)cc1)NCC(C)CO. The fourth-order valence-corrected chi connectivity index (χ4v) is 1.70. The third kappa shape index (κ3) is 8.61. The lowest BCUT2D eigenvalue weighted by atomic mass is 10.2. The first kappa shape index (κ1) is 20.1. The molecule has 1 unspecified atom stereocenters. The lowest BCUT2D eigenvalue weighted by Crippen LogP contribution is -2.39. The lowest BCUT2D eigenvalue weighted by Gasteiger charge is -2.14. The standard InChI is InChI=1S/C16H24F3N3O2/c1-3-20-15(21-8-12(2)10-23)22-9-13-4-6-14(7-5-13)24-11-16(17,18)19/h4-7,12,23H,3,8-11H2,1-2H3,(H2,20,21,22). The summed E-state index contributed by atoms with van der Waals surface area (Å²) < 4.78 is 40.9. The number of hydrogen-bond acceptors (Lipinski definition) is 3. The topological polar surface area (TPSA) is 65.9 Å². The largest absolute Gasteiger partial charge is 0.484 e. The molecule has 1 rings (SSSR count). The van der Waals surface area contributed by atoms with Crippen molar-refractivity contribution in [2.75, 3.05) is 26.3 Å². The van der Waals surface area contributed by atoms with Gasteiger partial charge in [-0.25, -0.2) is 4.99 Å². The second kappa shape index (κ2) is 10.0. The summed E-state index contributed by atoms with van der Waals surface area (Å²) in [6, 6.07) is 6.33. The second-order valence-electron chi connectivity index (χ2n) is 5.41. The number of aliphatic hydroxyl groups excluding tert-OH is 1. The number of alkyl halides is 3. The Bertz CT molecular complexity index is 504. The Kier molecular flexibility index (Phi) is 8.39. The van der Waals surface area contributed by atoms with Crippen molar-refractivity contribution in [3.8, 4) is 5.75 Å². The van der Waals surface area contributed by atoms with Crippen molar-refractivity contribution < 1.29 is 23.0 Å². The minimum Gasteiger partial charge on any atom is -0.484 e. The molecule has 5 nitrogen and oxygen atoms in total. The van der Waals surface area contributed by atoms with Gasteiger partial charge in [-0.05, 0) is 30.5 Å². The molecule has 0 heterocycles. The molecule has 0 aromatic heterocycles. The average molecular weight is 347 g/mol. The Balaban J connectivity index is 2.56. The number of benzene rings is 1. The van der Waals surface area contributed by atoms with E-state index in [9.17, 15) is 13.2 Å². The van der Waals surface area contributed by atoms with Crippen molar-refractivity contribution in [2.24, 2.45) is 10.9 Å². The highest BCUT2D eigenvalue weighted by Crippen LogP contribution is 2.19. The van der Waals surface area contributed by atoms with Gasteiger partial charge in [-0.3, -0.25) is 0 Å². The van der Waals surface area contributed by atoms with Crippen LogP contribution in [0, 0.1) is 5.92 Å². The first-order chi connectivity index (χ1) is 11.3. The van der Waals surface area contributed by atoms with E-state index in [-0.39, 0.29) is 18.3 Å². The van der Waals surface area contributed by atoms with Gasteiger partial charge in [0.2, 0.25) is 0 Å². The summed E-state index contributed by atoms with van der Waals surface area (Å²) >= 11 is 0. The van der Waals surface area contributed by atoms with Crippen LogP contribution in [0.5, 0.6) is 5.75 Å². The molecule has 136 valence electrons. The maximum absolute atomic E-state index is 12.1. The Morgan fingerprint density at radius 2 is 1.92 bits per heavy atom. The van der Waals surface area contributed by atoms with E-state index in [1.807, 2.05) is 13.8 Å². The zero-order valence-corrected chi connectivity index (χ0v) is 13.9. The summed E-state index contributed by atoms with van der Waals surface area (Å²) in [5.41, 5.74) is 0.849. The van der Waals surface area contributed by atoms with E-state index in [1.165, 1.54) is 12.1 Å². The van der Waals surface area contributed by atoms with Crippen molar-refractivity contribution in [1.29, 1.82) is 0 Å². The molecule has 0 aliphatic carbocycles. The summed E-state index contributed by atoms with van der Waals surface area (Å²) in [6.45, 7) is 4.31. The molecule has 0 bridgehead atoms. The minimum absolute atomic E-state index is 0.0891. The summed E-state index contributed by atoms with van der Waals surface area (Å²) in [5.74, 6) is 0.899. The van der Waals surface area contributed by atoms with Crippen LogP contribution < -0.4 is 15.4 Å². The molecule has 0 amide bonds. The molecular formula is C16H24F3N3O2. The Morgan fingerprint density at radius 1 is 1.25 bits per heavy atom. The van der Waals surface area contributed by atoms with Crippen LogP contribution in [-0.4, -0.2) is 43.5 Å². The summed E-state index contributed by atoms with van der Waals surface area (Å²) in [4.78, 5) is 4.40. The number of halogens is 3. The smallest absolute Gasteiger partial charge is 0.422 e. The first-order valence-electron chi connectivity index (χ1n) is 7.75. The number of nitrogens with zero attached hydrogens (tertiary/aromatic N) is 1. The van der Waals surface area contributed by atoms with Crippen molar-refractivity contribution >= 4 is 5.96 Å². The van der Waals surface area contributed by atoms with E-state index < -0.39 is 12.8 Å². The van der Waals surface area contributed by atoms with Crippen molar-refractivity contribution in [1.82, 2.24) is 10.6 Å². The molecule has 0 radical (unpaired) electrons. The van der Waals surface area contributed by atoms with E-state index in [0.717, 1.165) is 5.56 Å². The molecule has 0 aliphatic rings. The number of nitrogens with one attached hydrogen (secondary N) is 2. The number of hydrogen-bond donors (Lipinski definition) is 3. The highest BCUT2D eigenvalue weighted by atomic mass is 19.4. The van der Waals surface area contributed by atoms with Crippen LogP contribution >= 0.6 is 0 Å². The Morgan fingerprint density at radius 3 is 2.46 bits per heavy atom. The third-order valence-electron chi connectivity index (χ3n) is 3.02. The zero-order chi connectivity index (χ0) is 18.0. The van der Waals surface area contributed by atoms with Crippen LogP contribution in [0.15, 0.2) is 29.3 Å². The van der Waals surface area contributed by atoms with Crippen molar-refractivity contribution in [3.05, 3.63) is 29.8 Å². The van der Waals surface area contributed by atoms with Gasteiger partial charge in [0.05, 0.1) is 6.54 Å². The molecule has 0 fully saturated rings. The Labute approximate surface area is 139 Å². The maximum atomic E-state index is 12.1. The fourth-order valence-electron chi connectivity index (χ4n) is 1.70. The second-order valence-corrected chi connectivity index (χ2v) is 5.41. The highest BCUT2D eigenvalue weighted by Gasteiger charge is 2.28. The monoisotopic (exact) mass is 347 g/mol. The average Bonchev–Trinajstić information content (AvgIpc) is 2.55. The molecule has 0 saturated heterocycles. The van der Waals surface area contributed by atoms with Gasteiger partial charge in [0.1, 0.15) is 5.75 Å². The molecule has 0 aliphatic heterocycles. The van der Waals surface area contributed by atoms with Crippen LogP contribution in [0.4, 0.5) is 13.2 Å². The predicted octanol–water partition coefficient (Wildman–Crippen LogP) is 2.31. The minimum atomic E-state index is -4.35. The maximum Gasteiger partial charge on any atom is 0.422 e. The normalized spacial score (nSPS) is 13.5. The van der Waals surface area contributed by atoms with E-state index in [0.29, 0.717) is 25.6 Å². The van der Waals surface area contributed by atoms with Gasteiger partial charge in [-0.15, -0.1) is 0 Å². The van der Waals surface area contributed by atoms with Gasteiger partial charge in [0.25, 0.3) is 0 Å². The summed E-state index contributed by atoms with van der Waals surface area (Å²) in [7, 11) is 0. The van der Waals surface area contributed by atoms with Crippen LogP contribution in [0.25, 0.3) is 0 Å². The van der Waals surface area contributed by atoms with Gasteiger partial charge in [-0.1, -0.05) is 19.1 Å². The first-order valence-corrected chi connectivity index (χ1v) is 7.75. The number of ether oxygens (including phenoxy) is 1.